The molecule has 0 aliphatic heterocycles. The van der Waals surface area contributed by atoms with Gasteiger partial charge in [0.1, 0.15) is 5.01 Å². The van der Waals surface area contributed by atoms with Crippen molar-refractivity contribution in [3.05, 3.63) is 17.1 Å². The van der Waals surface area contributed by atoms with Crippen molar-refractivity contribution in [2.75, 3.05) is 5.75 Å². The number of thioether (sulfide) groups is 1. The number of aryl methyl sites for hydroxylation is 1. The summed E-state index contributed by atoms with van der Waals surface area (Å²) < 4.78 is 36.8. The van der Waals surface area contributed by atoms with Crippen LogP contribution in [0, 0.1) is 6.92 Å². The van der Waals surface area contributed by atoms with Crippen molar-refractivity contribution in [2.24, 2.45) is 0 Å². The monoisotopic (exact) mass is 278 g/mol. The Labute approximate surface area is 137 Å². The molecule has 1 aromatic rings. The third-order valence-corrected chi connectivity index (χ3v) is 3.43. The van der Waals surface area contributed by atoms with Crippen LogP contribution in [0.25, 0.3) is 0 Å². The van der Waals surface area contributed by atoms with E-state index in [1.807, 2.05) is 0 Å². The van der Waals surface area contributed by atoms with Crippen LogP contribution in [0.1, 0.15) is 5.01 Å². The molecule has 0 radical (unpaired) electrons. The van der Waals surface area contributed by atoms with Crippen molar-refractivity contribution in [2.45, 2.75) is 11.3 Å². The minimum absolute atomic E-state index is 0. The molecule has 9 heteroatoms. The predicted octanol–water partition coefficient (Wildman–Crippen LogP) is -0.115. The van der Waals surface area contributed by atoms with Gasteiger partial charge >= 0.3 is 58.4 Å². The number of rotatable bonds is 4. The van der Waals surface area contributed by atoms with Crippen molar-refractivity contribution >= 4 is 30.1 Å². The zero-order valence-corrected chi connectivity index (χ0v) is 13.1. The second kappa shape index (κ2) is 6.77. The van der Waals surface area contributed by atoms with Crippen LogP contribution >= 0.6 is 23.1 Å². The van der Waals surface area contributed by atoms with Gasteiger partial charge < -0.3 is 12.9 Å². The van der Waals surface area contributed by atoms with Gasteiger partial charge in [0.2, 0.25) is 0 Å². The first-order valence-electron chi connectivity index (χ1n) is 3.70. The number of nitrogens with zero attached hydrogens (tertiary/aromatic N) is 2. The Hall–Kier alpha value is 1.14. The van der Waals surface area contributed by atoms with Crippen LogP contribution in [0.3, 0.4) is 0 Å². The van der Waals surface area contributed by atoms with E-state index in [0.717, 1.165) is 16.8 Å². The maximum Gasteiger partial charge on any atom is 1.00 e. The maximum absolute atomic E-state index is 12.1. The quantitative estimate of drug-likeness (QED) is 0.567. The molecule has 0 amide bonds. The molecule has 0 aliphatic carbocycles. The van der Waals surface area contributed by atoms with E-state index in [9.17, 15) is 12.9 Å². The molecule has 0 N–H and O–H groups in total. The SMILES string of the molecule is C=C(CSc1nnc(C)s1)[B-](F)(F)F.[K+]. The van der Waals surface area contributed by atoms with Gasteiger partial charge in [-0.15, -0.1) is 22.2 Å². The van der Waals surface area contributed by atoms with E-state index >= 15 is 0 Å². The van der Waals surface area contributed by atoms with E-state index in [2.05, 4.69) is 16.8 Å². The molecule has 0 fully saturated rings. The summed E-state index contributed by atoms with van der Waals surface area (Å²) in [5.41, 5.74) is -0.692. The van der Waals surface area contributed by atoms with E-state index in [0.29, 0.717) is 4.34 Å². The largest absolute Gasteiger partial charge is 1.00 e. The molecule has 0 saturated heterocycles. The van der Waals surface area contributed by atoms with Crippen LogP contribution in [0.4, 0.5) is 12.9 Å². The Morgan fingerprint density at radius 1 is 1.47 bits per heavy atom. The van der Waals surface area contributed by atoms with Crippen molar-refractivity contribution in [1.29, 1.82) is 0 Å². The van der Waals surface area contributed by atoms with Gasteiger partial charge in [-0.2, -0.15) is 0 Å². The second-order valence-electron chi connectivity index (χ2n) is 2.61. The summed E-state index contributed by atoms with van der Waals surface area (Å²) in [7, 11) is 0. The fraction of sp³-hybridized carbons (Fsp3) is 0.333. The van der Waals surface area contributed by atoms with Crippen molar-refractivity contribution in [1.82, 2.24) is 10.2 Å². The van der Waals surface area contributed by atoms with Gasteiger partial charge in [0.05, 0.1) is 0 Å². The number of halogens is 3. The molecule has 1 rings (SSSR count). The Kier molecular flexibility index (Phi) is 7.29. The zero-order chi connectivity index (χ0) is 10.8. The molecule has 0 atom stereocenters. The summed E-state index contributed by atoms with van der Waals surface area (Å²) >= 11 is 2.30. The predicted molar refractivity (Wildman–Crippen MR) is 53.6 cm³/mol. The van der Waals surface area contributed by atoms with Crippen molar-refractivity contribution in [3.63, 3.8) is 0 Å². The minimum atomic E-state index is -4.92. The van der Waals surface area contributed by atoms with Gasteiger partial charge in [0.25, 0.3) is 0 Å². The Balaban J connectivity index is 0.00000196. The Bertz CT molecular complexity index is 341. The van der Waals surface area contributed by atoms with Crippen LogP contribution in [-0.2, 0) is 0 Å². The van der Waals surface area contributed by atoms with E-state index in [1.165, 1.54) is 11.3 Å². The van der Waals surface area contributed by atoms with Gasteiger partial charge in [0, 0.05) is 0 Å². The van der Waals surface area contributed by atoms with Crippen molar-refractivity contribution < 1.29 is 64.3 Å². The number of aromatic nitrogens is 2. The molecule has 0 aromatic carbocycles. The molecule has 1 heterocycles. The topological polar surface area (TPSA) is 25.8 Å². The summed E-state index contributed by atoms with van der Waals surface area (Å²) in [4.78, 5) is 0. The van der Waals surface area contributed by atoms with Gasteiger partial charge in [-0.1, -0.05) is 23.1 Å². The summed E-state index contributed by atoms with van der Waals surface area (Å²) in [6.07, 6.45) is 0. The number of hydrogen-bond acceptors (Lipinski definition) is 4. The van der Waals surface area contributed by atoms with E-state index < -0.39 is 12.4 Å². The Morgan fingerprint density at radius 3 is 2.47 bits per heavy atom. The van der Waals surface area contributed by atoms with Gasteiger partial charge in [-0.25, -0.2) is 0 Å². The van der Waals surface area contributed by atoms with Gasteiger partial charge in [-0.3, -0.25) is 0 Å². The van der Waals surface area contributed by atoms with Crippen LogP contribution in [0.15, 0.2) is 16.4 Å². The molecule has 1 aromatic heterocycles. The first kappa shape index (κ1) is 16.1. The molecule has 0 bridgehead atoms. The fourth-order valence-electron chi connectivity index (χ4n) is 0.586. The van der Waals surface area contributed by atoms with Crippen molar-refractivity contribution in [3.8, 4) is 0 Å². The van der Waals surface area contributed by atoms with Crippen LogP contribution in [-0.4, -0.2) is 22.9 Å². The normalized spacial score (nSPS) is 10.9. The Morgan fingerprint density at radius 2 is 2.07 bits per heavy atom. The number of hydrogen-bond donors (Lipinski definition) is 0. The molecule has 0 saturated carbocycles. The standard InChI is InChI=1S/C6H7BF3N2S2.K/c1-4(7(8,9)10)3-13-6-12-11-5(2)14-6;/h1,3H2,2H3;/q-1;+1. The van der Waals surface area contributed by atoms with Gasteiger partial charge in [0.15, 0.2) is 4.34 Å². The average Bonchev–Trinajstić information content (AvgIpc) is 2.45. The van der Waals surface area contributed by atoms with Crippen LogP contribution < -0.4 is 51.4 Å². The van der Waals surface area contributed by atoms with E-state index in [1.54, 1.807) is 6.92 Å². The van der Waals surface area contributed by atoms with E-state index in [4.69, 9.17) is 0 Å². The molecule has 0 unspecified atom stereocenters. The summed E-state index contributed by atoms with van der Waals surface area (Å²) in [6, 6.07) is 0. The second-order valence-corrected chi connectivity index (χ2v) is 5.01. The zero-order valence-electron chi connectivity index (χ0n) is 8.34. The average molecular weight is 278 g/mol. The third-order valence-electron chi connectivity index (χ3n) is 1.35. The molecule has 0 spiro atoms. The molecule has 0 aliphatic rings. The maximum atomic E-state index is 12.1. The smallest absolute Gasteiger partial charge is 0.445 e. The first-order valence-corrected chi connectivity index (χ1v) is 5.50. The third kappa shape index (κ3) is 5.85. The molecular weight excluding hydrogens is 271 g/mol. The minimum Gasteiger partial charge on any atom is -0.445 e. The van der Waals surface area contributed by atoms with Crippen LogP contribution in [0.2, 0.25) is 0 Å². The fourth-order valence-corrected chi connectivity index (χ4v) is 2.37. The summed E-state index contributed by atoms with van der Waals surface area (Å²) in [5.74, 6) is -0.169. The summed E-state index contributed by atoms with van der Waals surface area (Å²) in [5, 5.41) is 8.14. The summed E-state index contributed by atoms with van der Waals surface area (Å²) in [6.45, 7) is -0.182. The molecular formula is C6H7BF3KN2S2. The first-order chi connectivity index (χ1) is 6.39. The van der Waals surface area contributed by atoms with Gasteiger partial charge in [-0.05, 0) is 12.7 Å². The van der Waals surface area contributed by atoms with Crippen LogP contribution in [0.5, 0.6) is 0 Å². The van der Waals surface area contributed by atoms with E-state index in [-0.39, 0.29) is 57.1 Å². The molecule has 78 valence electrons. The molecule has 15 heavy (non-hydrogen) atoms. The molecule has 2 nitrogen and oxygen atoms in total.